The van der Waals surface area contributed by atoms with Crippen LogP contribution in [0.15, 0.2) is 18.2 Å². The Morgan fingerprint density at radius 2 is 1.64 bits per heavy atom. The summed E-state index contributed by atoms with van der Waals surface area (Å²) in [4.78, 5) is 29.3. The first-order valence-corrected chi connectivity index (χ1v) is 11.7. The van der Waals surface area contributed by atoms with Crippen molar-refractivity contribution in [3.8, 4) is 11.5 Å². The fourth-order valence-corrected chi connectivity index (χ4v) is 4.48. The van der Waals surface area contributed by atoms with E-state index in [0.717, 1.165) is 31.5 Å². The molecule has 0 N–H and O–H groups in total. The first-order valence-electron chi connectivity index (χ1n) is 11.7. The number of benzene rings is 1. The number of hydrogen-bond acceptors (Lipinski definition) is 4. The molecule has 0 aromatic heterocycles. The normalized spacial score (nSPS) is 18.1. The summed E-state index contributed by atoms with van der Waals surface area (Å²) in [6, 6.07) is 4.68. The molecule has 1 aromatic carbocycles. The molecule has 2 amide bonds. The second kappa shape index (κ2) is 11.6. The van der Waals surface area contributed by atoms with Gasteiger partial charge >= 0.3 is 6.18 Å². The van der Waals surface area contributed by atoms with Gasteiger partial charge in [0.1, 0.15) is 0 Å². The summed E-state index contributed by atoms with van der Waals surface area (Å²) in [7, 11) is 1.36. The van der Waals surface area contributed by atoms with Gasteiger partial charge in [-0.1, -0.05) is 18.9 Å². The Balaban J connectivity index is 1.46. The average molecular weight is 471 g/mol. The minimum Gasteiger partial charge on any atom is -0.493 e. The van der Waals surface area contributed by atoms with Crippen molar-refractivity contribution in [2.45, 2.75) is 57.5 Å². The smallest absolute Gasteiger partial charge is 0.422 e. The highest BCUT2D eigenvalue weighted by atomic mass is 19.4. The van der Waals surface area contributed by atoms with Crippen molar-refractivity contribution >= 4 is 11.8 Å². The molecule has 0 saturated carbocycles. The quantitative estimate of drug-likeness (QED) is 0.599. The van der Waals surface area contributed by atoms with E-state index in [1.165, 1.54) is 26.0 Å². The second-order valence-electron chi connectivity index (χ2n) is 8.78. The third kappa shape index (κ3) is 7.54. The van der Waals surface area contributed by atoms with Crippen molar-refractivity contribution in [2.24, 2.45) is 5.92 Å². The standard InChI is InChI=1S/C24H33F3N2O4/c1-32-21-16-18(6-8-20(21)33-17-24(25,26)27)7-9-22(30)28-14-10-19(11-15-28)23(31)29-12-4-2-3-5-13-29/h6,8,16,19H,2-5,7,9-15,17H2,1H3. The highest BCUT2D eigenvalue weighted by molar-refractivity contribution is 5.80. The van der Waals surface area contributed by atoms with Gasteiger partial charge < -0.3 is 19.3 Å². The molecule has 184 valence electrons. The van der Waals surface area contributed by atoms with Crippen LogP contribution >= 0.6 is 0 Å². The largest absolute Gasteiger partial charge is 0.493 e. The summed E-state index contributed by atoms with van der Waals surface area (Å²) < 4.78 is 47.1. The lowest BCUT2D eigenvalue weighted by Gasteiger charge is -2.34. The number of carbonyl (C=O) groups excluding carboxylic acids is 2. The van der Waals surface area contributed by atoms with Gasteiger partial charge in [-0.3, -0.25) is 9.59 Å². The molecule has 1 aromatic rings. The Morgan fingerprint density at radius 1 is 0.970 bits per heavy atom. The van der Waals surface area contributed by atoms with Crippen molar-refractivity contribution in [1.82, 2.24) is 9.80 Å². The van der Waals surface area contributed by atoms with Gasteiger partial charge in [0.2, 0.25) is 11.8 Å². The van der Waals surface area contributed by atoms with E-state index >= 15 is 0 Å². The van der Waals surface area contributed by atoms with E-state index in [-0.39, 0.29) is 35.7 Å². The molecule has 2 aliphatic heterocycles. The predicted molar refractivity (Wildman–Crippen MR) is 117 cm³/mol. The van der Waals surface area contributed by atoms with Crippen molar-refractivity contribution in [2.75, 3.05) is 39.9 Å². The van der Waals surface area contributed by atoms with E-state index in [1.807, 2.05) is 9.80 Å². The van der Waals surface area contributed by atoms with E-state index in [0.29, 0.717) is 32.4 Å². The van der Waals surface area contributed by atoms with E-state index < -0.39 is 12.8 Å². The molecule has 2 saturated heterocycles. The molecule has 9 heteroatoms. The van der Waals surface area contributed by atoms with Crippen molar-refractivity contribution in [3.05, 3.63) is 23.8 Å². The molecule has 3 rings (SSSR count). The van der Waals surface area contributed by atoms with Gasteiger partial charge in [-0.15, -0.1) is 0 Å². The maximum absolute atomic E-state index is 12.8. The van der Waals surface area contributed by atoms with Crippen molar-refractivity contribution in [3.63, 3.8) is 0 Å². The number of ether oxygens (including phenoxy) is 2. The number of piperidine rings is 1. The lowest BCUT2D eigenvalue weighted by atomic mass is 9.94. The fourth-order valence-electron chi connectivity index (χ4n) is 4.48. The van der Waals surface area contributed by atoms with E-state index in [1.54, 1.807) is 12.1 Å². The van der Waals surface area contributed by atoms with Gasteiger partial charge in [0, 0.05) is 38.5 Å². The average Bonchev–Trinajstić information content (AvgIpc) is 3.10. The summed E-state index contributed by atoms with van der Waals surface area (Å²) in [5, 5.41) is 0. The van der Waals surface area contributed by atoms with Crippen LogP contribution in [-0.2, 0) is 16.0 Å². The highest BCUT2D eigenvalue weighted by Gasteiger charge is 2.31. The van der Waals surface area contributed by atoms with Crippen LogP contribution in [-0.4, -0.2) is 67.7 Å². The summed E-state index contributed by atoms with van der Waals surface area (Å²) in [6.07, 6.45) is 2.21. The molecular formula is C24H33F3N2O4. The van der Waals surface area contributed by atoms with Crippen LogP contribution in [0.1, 0.15) is 50.5 Å². The van der Waals surface area contributed by atoms with E-state index in [9.17, 15) is 22.8 Å². The van der Waals surface area contributed by atoms with Crippen LogP contribution in [0.3, 0.4) is 0 Å². The monoisotopic (exact) mass is 470 g/mol. The Labute approximate surface area is 193 Å². The Bertz CT molecular complexity index is 799. The first-order chi connectivity index (χ1) is 15.8. The zero-order valence-electron chi connectivity index (χ0n) is 19.2. The van der Waals surface area contributed by atoms with E-state index in [2.05, 4.69) is 0 Å². The number of hydrogen-bond donors (Lipinski definition) is 0. The molecular weight excluding hydrogens is 437 g/mol. The predicted octanol–water partition coefficient (Wildman–Crippen LogP) is 4.21. The summed E-state index contributed by atoms with van der Waals surface area (Å²) >= 11 is 0. The Morgan fingerprint density at radius 3 is 2.24 bits per heavy atom. The molecule has 0 radical (unpaired) electrons. The van der Waals surface area contributed by atoms with Gasteiger partial charge in [-0.25, -0.2) is 0 Å². The molecule has 0 spiro atoms. The number of alkyl halides is 3. The SMILES string of the molecule is COc1cc(CCC(=O)N2CCC(C(=O)N3CCCCCC3)CC2)ccc1OCC(F)(F)F. The summed E-state index contributed by atoms with van der Waals surface area (Å²) in [5.74, 6) is 0.481. The third-order valence-corrected chi connectivity index (χ3v) is 6.36. The van der Waals surface area contributed by atoms with Gasteiger partial charge in [-0.2, -0.15) is 13.2 Å². The molecule has 0 atom stereocenters. The van der Waals surface area contributed by atoms with Crippen LogP contribution in [0, 0.1) is 5.92 Å². The topological polar surface area (TPSA) is 59.1 Å². The van der Waals surface area contributed by atoms with Crippen LogP contribution < -0.4 is 9.47 Å². The van der Waals surface area contributed by atoms with E-state index in [4.69, 9.17) is 9.47 Å². The number of rotatable bonds is 7. The number of carbonyl (C=O) groups is 2. The zero-order valence-corrected chi connectivity index (χ0v) is 19.2. The Hall–Kier alpha value is -2.45. The van der Waals surface area contributed by atoms with Crippen molar-refractivity contribution < 1.29 is 32.2 Å². The van der Waals surface area contributed by atoms with Crippen LogP contribution in [0.4, 0.5) is 13.2 Å². The third-order valence-electron chi connectivity index (χ3n) is 6.36. The molecule has 0 bridgehead atoms. The molecule has 2 aliphatic rings. The van der Waals surface area contributed by atoms with Gasteiger partial charge in [0.25, 0.3) is 0 Å². The molecule has 0 aliphatic carbocycles. The maximum Gasteiger partial charge on any atom is 0.422 e. The van der Waals surface area contributed by atoms with Crippen LogP contribution in [0.25, 0.3) is 0 Å². The summed E-state index contributed by atoms with van der Waals surface area (Å²) in [5.41, 5.74) is 0.783. The highest BCUT2D eigenvalue weighted by Crippen LogP contribution is 2.30. The lowest BCUT2D eigenvalue weighted by Crippen LogP contribution is -2.44. The number of amides is 2. The minimum absolute atomic E-state index is 0.000605. The van der Waals surface area contributed by atoms with Crippen molar-refractivity contribution in [1.29, 1.82) is 0 Å². The molecule has 33 heavy (non-hydrogen) atoms. The zero-order chi connectivity index (χ0) is 23.8. The number of likely N-dealkylation sites (tertiary alicyclic amines) is 2. The fraction of sp³-hybridized carbons (Fsp3) is 0.667. The van der Waals surface area contributed by atoms with Crippen LogP contribution in [0.2, 0.25) is 0 Å². The van der Waals surface area contributed by atoms with Crippen LogP contribution in [0.5, 0.6) is 11.5 Å². The molecule has 2 fully saturated rings. The maximum atomic E-state index is 12.8. The van der Waals surface area contributed by atoms with Gasteiger partial charge in [-0.05, 0) is 49.8 Å². The number of aryl methyl sites for hydroxylation is 1. The lowest BCUT2D eigenvalue weighted by molar-refractivity contribution is -0.153. The molecule has 6 nitrogen and oxygen atoms in total. The van der Waals surface area contributed by atoms with Gasteiger partial charge in [0.15, 0.2) is 18.1 Å². The number of nitrogens with zero attached hydrogens (tertiary/aromatic N) is 2. The van der Waals surface area contributed by atoms with Gasteiger partial charge in [0.05, 0.1) is 7.11 Å². The molecule has 0 unspecified atom stereocenters. The summed E-state index contributed by atoms with van der Waals surface area (Å²) in [6.45, 7) is 1.47. The Kier molecular flexibility index (Phi) is 8.86. The number of methoxy groups -OCH3 is 1. The number of halogens is 3. The minimum atomic E-state index is -4.43. The first kappa shape index (κ1) is 25.2. The molecule has 2 heterocycles. The second-order valence-corrected chi connectivity index (χ2v) is 8.78.